The van der Waals surface area contributed by atoms with E-state index >= 15 is 0 Å². The van der Waals surface area contributed by atoms with Crippen molar-refractivity contribution >= 4 is 17.6 Å². The van der Waals surface area contributed by atoms with Crippen molar-refractivity contribution in [3.05, 3.63) is 83.0 Å². The normalized spacial score (nSPS) is 14.4. The summed E-state index contributed by atoms with van der Waals surface area (Å²) >= 11 is 0. The number of aliphatic hydroxyl groups is 1. The Kier molecular flexibility index (Phi) is 8.66. The quantitative estimate of drug-likeness (QED) is 0.374. The molecule has 204 valence electrons. The van der Waals surface area contributed by atoms with Gasteiger partial charge in [0.15, 0.2) is 6.10 Å². The van der Waals surface area contributed by atoms with Gasteiger partial charge in [0.05, 0.1) is 16.8 Å². The monoisotopic (exact) mass is 530 g/mol. The Morgan fingerprint density at radius 3 is 2.11 bits per heavy atom. The lowest BCUT2D eigenvalue weighted by molar-refractivity contribution is -0.137. The SMILES string of the molecule is CC(NC(=O)C(O)c1ccc(C(F)(F)F)cc1)C(=O)Nc1cc(CC(C)c2ccccc2)nn1C(C)(C)C. The largest absolute Gasteiger partial charge is 0.416 e. The van der Waals surface area contributed by atoms with Gasteiger partial charge in [0.25, 0.3) is 5.91 Å². The van der Waals surface area contributed by atoms with Gasteiger partial charge in [-0.05, 0) is 63.3 Å². The smallest absolute Gasteiger partial charge is 0.378 e. The van der Waals surface area contributed by atoms with Gasteiger partial charge in [0.2, 0.25) is 5.91 Å². The highest BCUT2D eigenvalue weighted by Crippen LogP contribution is 2.30. The van der Waals surface area contributed by atoms with Gasteiger partial charge >= 0.3 is 6.18 Å². The van der Waals surface area contributed by atoms with E-state index < -0.39 is 41.2 Å². The van der Waals surface area contributed by atoms with Gasteiger partial charge in [0.1, 0.15) is 11.9 Å². The lowest BCUT2D eigenvalue weighted by Crippen LogP contribution is -2.44. The first-order chi connectivity index (χ1) is 17.7. The zero-order valence-electron chi connectivity index (χ0n) is 22.0. The van der Waals surface area contributed by atoms with Crippen molar-refractivity contribution in [1.29, 1.82) is 0 Å². The molecule has 3 rings (SSSR count). The van der Waals surface area contributed by atoms with Crippen molar-refractivity contribution in [2.45, 2.75) is 70.8 Å². The van der Waals surface area contributed by atoms with Crippen LogP contribution in [0.5, 0.6) is 0 Å². The average Bonchev–Trinajstić information content (AvgIpc) is 3.26. The second-order valence-corrected chi connectivity index (χ2v) is 10.4. The Hall–Kier alpha value is -3.66. The summed E-state index contributed by atoms with van der Waals surface area (Å²) in [6, 6.07) is 14.4. The molecule has 3 unspecified atom stereocenters. The number of aromatic nitrogens is 2. The third-order valence-corrected chi connectivity index (χ3v) is 6.08. The lowest BCUT2D eigenvalue weighted by Gasteiger charge is -2.23. The molecule has 0 bridgehead atoms. The summed E-state index contributed by atoms with van der Waals surface area (Å²) in [5.74, 6) is -0.782. The van der Waals surface area contributed by atoms with E-state index in [1.165, 1.54) is 12.5 Å². The molecule has 0 radical (unpaired) electrons. The number of carbonyl (C=O) groups excluding carboxylic acids is 2. The molecule has 0 aliphatic heterocycles. The first-order valence-electron chi connectivity index (χ1n) is 12.3. The van der Waals surface area contributed by atoms with Crippen LogP contribution in [0.1, 0.15) is 69.0 Å². The molecule has 10 heteroatoms. The topological polar surface area (TPSA) is 96.2 Å². The molecule has 2 amide bonds. The number of alkyl halides is 3. The van der Waals surface area contributed by atoms with Crippen molar-refractivity contribution in [2.24, 2.45) is 0 Å². The lowest BCUT2D eigenvalue weighted by atomic mass is 9.96. The summed E-state index contributed by atoms with van der Waals surface area (Å²) in [5, 5.41) is 20.2. The van der Waals surface area contributed by atoms with Gasteiger partial charge in [-0.1, -0.05) is 49.4 Å². The van der Waals surface area contributed by atoms with E-state index in [1.807, 2.05) is 39.0 Å². The molecule has 7 nitrogen and oxygen atoms in total. The standard InChI is InChI=1S/C28H33F3N4O3/c1-17(19-9-7-6-8-10-19)15-22-16-23(35(34-22)27(3,4)5)33-25(37)18(2)32-26(38)24(36)20-11-13-21(14-12-20)28(29,30)31/h6-14,16-18,24,36H,15H2,1-5H3,(H,32,38)(H,33,37). The number of anilines is 1. The highest BCUT2D eigenvalue weighted by atomic mass is 19.4. The summed E-state index contributed by atoms with van der Waals surface area (Å²) in [5.41, 5.74) is 0.607. The minimum absolute atomic E-state index is 0.0221. The van der Waals surface area contributed by atoms with Gasteiger partial charge < -0.3 is 15.7 Å². The van der Waals surface area contributed by atoms with Crippen LogP contribution in [-0.2, 0) is 27.7 Å². The van der Waals surface area contributed by atoms with E-state index in [9.17, 15) is 27.9 Å². The Bertz CT molecular complexity index is 1250. The Morgan fingerprint density at radius 1 is 0.947 bits per heavy atom. The molecule has 3 atom stereocenters. The third kappa shape index (κ3) is 7.22. The number of amides is 2. The van der Waals surface area contributed by atoms with E-state index in [0.29, 0.717) is 12.2 Å². The molecule has 1 heterocycles. The number of halogens is 3. The number of benzene rings is 2. The predicted molar refractivity (Wildman–Crippen MR) is 138 cm³/mol. The Morgan fingerprint density at radius 2 is 1.55 bits per heavy atom. The maximum atomic E-state index is 12.9. The predicted octanol–water partition coefficient (Wildman–Crippen LogP) is 5.18. The number of aliphatic hydroxyl groups excluding tert-OH is 1. The number of hydrogen-bond acceptors (Lipinski definition) is 4. The van der Waals surface area contributed by atoms with Gasteiger partial charge in [-0.15, -0.1) is 0 Å². The number of carbonyl (C=O) groups is 2. The minimum Gasteiger partial charge on any atom is -0.378 e. The van der Waals surface area contributed by atoms with Crippen molar-refractivity contribution in [3.63, 3.8) is 0 Å². The van der Waals surface area contributed by atoms with Crippen LogP contribution in [0.2, 0.25) is 0 Å². The molecule has 0 aliphatic rings. The maximum absolute atomic E-state index is 12.9. The second kappa shape index (κ2) is 11.4. The molecule has 0 fully saturated rings. The summed E-state index contributed by atoms with van der Waals surface area (Å²) in [4.78, 5) is 25.4. The summed E-state index contributed by atoms with van der Waals surface area (Å²) in [6.45, 7) is 9.40. The first-order valence-corrected chi connectivity index (χ1v) is 12.3. The van der Waals surface area contributed by atoms with Gasteiger partial charge in [-0.2, -0.15) is 18.3 Å². The van der Waals surface area contributed by atoms with E-state index in [4.69, 9.17) is 5.10 Å². The van der Waals surface area contributed by atoms with Crippen LogP contribution in [0, 0.1) is 0 Å². The fraction of sp³-hybridized carbons (Fsp3) is 0.393. The van der Waals surface area contributed by atoms with E-state index in [1.54, 1.807) is 10.7 Å². The molecule has 0 saturated heterocycles. The molecule has 0 aliphatic carbocycles. The molecular formula is C28H33F3N4O3. The second-order valence-electron chi connectivity index (χ2n) is 10.4. The van der Waals surface area contributed by atoms with Gasteiger partial charge in [0, 0.05) is 6.07 Å². The highest BCUT2D eigenvalue weighted by Gasteiger charge is 2.31. The Labute approximate surface area is 220 Å². The van der Waals surface area contributed by atoms with Crippen LogP contribution in [-0.4, -0.2) is 32.7 Å². The number of nitrogens with zero attached hydrogens (tertiary/aromatic N) is 2. The van der Waals surface area contributed by atoms with E-state index in [2.05, 4.69) is 29.7 Å². The van der Waals surface area contributed by atoms with Gasteiger partial charge in [-0.25, -0.2) is 4.68 Å². The third-order valence-electron chi connectivity index (χ3n) is 6.08. The van der Waals surface area contributed by atoms with Crippen molar-refractivity contribution in [1.82, 2.24) is 15.1 Å². The van der Waals surface area contributed by atoms with E-state index in [0.717, 1.165) is 30.0 Å². The summed E-state index contributed by atoms with van der Waals surface area (Å²) < 4.78 is 40.0. The zero-order chi connectivity index (χ0) is 28.3. The molecule has 3 N–H and O–H groups in total. The van der Waals surface area contributed by atoms with Gasteiger partial charge in [-0.3, -0.25) is 9.59 Å². The molecule has 1 aromatic heterocycles. The number of rotatable bonds is 8. The summed E-state index contributed by atoms with van der Waals surface area (Å²) in [6.07, 6.45) is -5.61. The van der Waals surface area contributed by atoms with Crippen LogP contribution in [0.25, 0.3) is 0 Å². The highest BCUT2D eigenvalue weighted by molar-refractivity contribution is 5.97. The van der Waals surface area contributed by atoms with Crippen LogP contribution < -0.4 is 10.6 Å². The van der Waals surface area contributed by atoms with Crippen LogP contribution in [0.3, 0.4) is 0 Å². The fourth-order valence-electron chi connectivity index (χ4n) is 3.94. The Balaban J connectivity index is 1.68. The minimum atomic E-state index is -4.53. The first kappa shape index (κ1) is 28.9. The average molecular weight is 531 g/mol. The number of nitrogens with one attached hydrogen (secondary N) is 2. The van der Waals surface area contributed by atoms with Crippen LogP contribution in [0.4, 0.5) is 19.0 Å². The fourth-order valence-corrected chi connectivity index (χ4v) is 3.94. The zero-order valence-corrected chi connectivity index (χ0v) is 22.0. The molecule has 38 heavy (non-hydrogen) atoms. The number of hydrogen-bond donors (Lipinski definition) is 3. The molecular weight excluding hydrogens is 497 g/mol. The van der Waals surface area contributed by atoms with E-state index in [-0.39, 0.29) is 11.5 Å². The van der Waals surface area contributed by atoms with Crippen LogP contribution >= 0.6 is 0 Å². The van der Waals surface area contributed by atoms with Crippen molar-refractivity contribution in [2.75, 3.05) is 5.32 Å². The van der Waals surface area contributed by atoms with Crippen molar-refractivity contribution in [3.8, 4) is 0 Å². The molecule has 0 spiro atoms. The van der Waals surface area contributed by atoms with Crippen LogP contribution in [0.15, 0.2) is 60.7 Å². The summed E-state index contributed by atoms with van der Waals surface area (Å²) in [7, 11) is 0. The molecule has 2 aromatic carbocycles. The molecule has 3 aromatic rings. The molecule has 0 saturated carbocycles. The van der Waals surface area contributed by atoms with Crippen molar-refractivity contribution < 1.29 is 27.9 Å². The maximum Gasteiger partial charge on any atom is 0.416 e.